The van der Waals surface area contributed by atoms with Crippen molar-refractivity contribution in [1.82, 2.24) is 154 Å². The van der Waals surface area contributed by atoms with E-state index in [1.807, 2.05) is 13.8 Å². The molecule has 7 fully saturated rings. The Labute approximate surface area is 865 Å². The van der Waals surface area contributed by atoms with E-state index in [-0.39, 0.29) is 244 Å². The molecule has 16 heterocycles. The lowest BCUT2D eigenvalue weighted by molar-refractivity contribution is -0.122. The molecule has 8 aliphatic heterocycles. The summed E-state index contributed by atoms with van der Waals surface area (Å²) in [5.74, 6) is -0.191. The second-order valence-electron chi connectivity index (χ2n) is 39.5. The molecule has 0 radical (unpaired) electrons. The Morgan fingerprint density at radius 1 is 0.453 bits per heavy atom. The third-order valence-electron chi connectivity index (χ3n) is 28.1. The molecule has 16 rings (SSSR count). The maximum atomic E-state index is 17.7. The summed E-state index contributed by atoms with van der Waals surface area (Å²) >= 11 is 0. The van der Waals surface area contributed by atoms with Gasteiger partial charge in [-0.15, -0.1) is 0 Å². The lowest BCUT2D eigenvalue weighted by atomic mass is 10.2. The normalized spacial score (nSPS) is 26.9. The number of aliphatic hydroxyl groups is 1. The van der Waals surface area contributed by atoms with Crippen LogP contribution in [0.5, 0.6) is 0 Å². The van der Waals surface area contributed by atoms with Crippen LogP contribution in [0.15, 0.2) is 82.3 Å². The van der Waals surface area contributed by atoms with Gasteiger partial charge in [-0.25, -0.2) is 110 Å². The number of imidazole rings is 3. The zero-order valence-corrected chi connectivity index (χ0v) is 92.1. The summed E-state index contributed by atoms with van der Waals surface area (Å²) in [5.41, 5.74) is 37.1. The summed E-state index contributed by atoms with van der Waals surface area (Å²) in [6.45, 7) is 5.18. The maximum Gasteiger partial charge on any atom is 0.409 e. The molecule has 7 unspecified atom stereocenters. The Hall–Kier alpha value is -9.09. The van der Waals surface area contributed by atoms with Crippen LogP contribution < -0.4 is 56.7 Å². The van der Waals surface area contributed by atoms with Crippen LogP contribution in [0.3, 0.4) is 0 Å². The third-order valence-corrected chi connectivity index (χ3v) is 47.4. The Balaban J connectivity index is 0.710. The first-order valence-electron chi connectivity index (χ1n) is 49.1. The highest BCUT2D eigenvalue weighted by Gasteiger charge is 2.56. The first-order chi connectivity index (χ1) is 71.1. The van der Waals surface area contributed by atoms with E-state index in [4.69, 9.17) is 86.7 Å². The molecule has 0 aromatic carbocycles. The van der Waals surface area contributed by atoms with E-state index in [0.29, 0.717) is 12.1 Å². The quantitative estimate of drug-likeness (QED) is 0.0182. The van der Waals surface area contributed by atoms with E-state index in [9.17, 15) is 24.0 Å². The number of ether oxygens (including phenoxy) is 9. The molecule has 8 aromatic rings. The van der Waals surface area contributed by atoms with Crippen molar-refractivity contribution < 1.29 is 89.2 Å². The molecule has 60 nitrogen and oxygen atoms in total. The lowest BCUT2D eigenvalue weighted by Gasteiger charge is -2.50. The number of hydrogen-bond donors (Lipinski definition) is 9. The van der Waals surface area contributed by atoms with E-state index in [0.717, 1.165) is 0 Å². The zero-order chi connectivity index (χ0) is 108. The van der Waals surface area contributed by atoms with Crippen LogP contribution in [-0.2, 0) is 74.5 Å². The monoisotopic (exact) mass is 2220 g/mol. The highest BCUT2D eigenvalue weighted by atomic mass is 31.2. The minimum atomic E-state index is -4.26. The van der Waals surface area contributed by atoms with Gasteiger partial charge in [0, 0.05) is 96.6 Å². The maximum absolute atomic E-state index is 17.7. The van der Waals surface area contributed by atoms with Gasteiger partial charge in [-0.1, -0.05) is 0 Å². The molecule has 0 bridgehead atoms. The largest absolute Gasteiger partial charge is 0.447 e. The molecule has 7 saturated heterocycles. The van der Waals surface area contributed by atoms with Crippen molar-refractivity contribution in [2.24, 2.45) is 5.73 Å². The van der Waals surface area contributed by atoms with E-state index in [1.165, 1.54) is 84.3 Å². The number of amides is 3. The smallest absolute Gasteiger partial charge is 0.409 e. The number of nitrogens with one attached hydrogen (secondary N) is 2. The Kier molecular flexibility index (Phi) is 35.5. The number of fused-ring (bicyclic) bond motifs is 3. The van der Waals surface area contributed by atoms with Gasteiger partial charge in [-0.2, -0.15) is 15.0 Å². The van der Waals surface area contributed by atoms with E-state index in [2.05, 4.69) is 65.0 Å². The summed E-state index contributed by atoms with van der Waals surface area (Å²) in [4.78, 5) is 120. The Morgan fingerprint density at radius 3 is 1.25 bits per heavy atom. The number of aromatic nitrogens is 16. The van der Waals surface area contributed by atoms with Crippen LogP contribution in [0.1, 0.15) is 51.9 Å². The Bertz CT molecular complexity index is 6670. The summed E-state index contributed by atoms with van der Waals surface area (Å²) in [7, 11) is -5.02. The van der Waals surface area contributed by atoms with Crippen molar-refractivity contribution in [1.29, 1.82) is 0 Å². The van der Waals surface area contributed by atoms with Crippen LogP contribution in [0, 0.1) is 0 Å². The standard InChI is InChI=1S/C84H140N38O22P6/c1-54(2)110-31-57(140-64(37-110)117-18-16-62(85)98-81(117)125)44-145(129,103(4)5)116-36-61(144-69(42-116)122-53-97-72-78(122)101-80(90)102-79(72)124)48-147(131,105(8)9)113-33-58(141-66(39-113)119-30-55(3)73(87)100-83(119)127)45-148(132,106(10)11)114-35-60(143-68(40-114)121-52-96-71-75(89)92-50-94-77(71)121)47-149(133,107(12)13)115-34-59(142-67(41-115)120-51-95-70-74(88)91-49-93-76(70)120)46-146(130,104(6)7)112-32-56(139-65(38-112)118-19-17-63(86)99-82(118)126)43-138-150(134,108(14)15)111-22-20-109(21-23-111)84(128)137-29-28-136-27-26-135-25-24-123/h16-19,30,49-54,56-61,64-69,73,123H,20-29,31-48,87H2,1-15H3,(H,100,127)(H2,85,98,125)(H2,86,99,126)(H2,88,91,93)(H2,89,92,94)(H3,90,101,102,124)/t56-,57-,58-,59-,60-,61-,64+,65+,66+,67+,68+,69+,73?,145?,146?,147?,148?,149?,150?/m0/s1. The number of hydrogen-bond acceptors (Lipinski definition) is 39. The van der Waals surface area contributed by atoms with Crippen molar-refractivity contribution in [3.8, 4) is 0 Å². The zero-order valence-electron chi connectivity index (χ0n) is 86.7. The van der Waals surface area contributed by atoms with Gasteiger partial charge in [0.25, 0.3) is 5.56 Å². The van der Waals surface area contributed by atoms with Gasteiger partial charge in [0.05, 0.1) is 159 Å². The highest BCUT2D eigenvalue weighted by Crippen LogP contribution is 2.64. The van der Waals surface area contributed by atoms with Gasteiger partial charge in [-0.05, 0) is 123 Å². The molecule has 19 atom stereocenters. The molecule has 66 heteroatoms. The van der Waals surface area contributed by atoms with Gasteiger partial charge in [0.15, 0.2) is 52.8 Å². The summed E-state index contributed by atoms with van der Waals surface area (Å²) < 4.78 is 194. The van der Waals surface area contributed by atoms with Gasteiger partial charge in [0.1, 0.15) is 66.8 Å². The molecule has 150 heavy (non-hydrogen) atoms. The number of nitrogen functional groups attached to an aromatic ring is 5. The van der Waals surface area contributed by atoms with Crippen molar-refractivity contribution in [3.63, 3.8) is 0 Å². The predicted octanol–water partition coefficient (Wildman–Crippen LogP) is 0.110. The number of nitrogens with zero attached hydrogens (tertiary/aromatic N) is 30. The van der Waals surface area contributed by atoms with Crippen molar-refractivity contribution in [2.75, 3.05) is 295 Å². The van der Waals surface area contributed by atoms with Crippen molar-refractivity contribution >= 4 is 120 Å². The average molecular weight is 2220 g/mol. The summed E-state index contributed by atoms with van der Waals surface area (Å²) in [5, 5.41) is 11.8. The minimum absolute atomic E-state index is 0.0222. The number of aliphatic hydroxyl groups excluding tert-OH is 1. The SMILES string of the molecule is CC1=CN([C@H]2CN(P(=O)(C[C@@H]3CN(P(=O)(C[C@@H]4CN(C(C)C)C[C@H](n5ccc(N)nc5=O)O4)N(C)C)C[C@H](n4cnc5c(=O)[nH]c(N)nc54)O3)N(C)C)C[C@@H](CP(=O)(N(C)C)N3C[C@@H](CP(=O)(N(C)C)N4C[C@@H](CP(=O)(N(C)C)N5C[C@@H](COP(=O)(N(C)C)N6CCN(C(=O)OCCOCCOCCO)CC6)O[C@@H](n6ccc(N)nc6=O)C5)O[C@@H](n5cnc6c(N)ncnc65)C4)O[C@@H](n4cnc5c(N)ncnc54)C3)O2)C(=O)NC1N. The van der Waals surface area contributed by atoms with Crippen LogP contribution in [0.4, 0.5) is 38.8 Å². The van der Waals surface area contributed by atoms with Crippen LogP contribution in [0.2, 0.25) is 0 Å². The summed E-state index contributed by atoms with van der Waals surface area (Å²) in [6.07, 6.45) is -4.96. The fourth-order valence-electron chi connectivity index (χ4n) is 20.0. The number of piperazine rings is 1. The number of morpholine rings is 6. The second kappa shape index (κ2) is 46.9. The molecule has 8 aromatic heterocycles. The number of carbonyl (C=O) groups excluding carboxylic acids is 2. The third kappa shape index (κ3) is 24.1. The predicted molar refractivity (Wildman–Crippen MR) is 554 cm³/mol. The average Bonchev–Trinajstić information content (AvgIpc) is 1.14. The van der Waals surface area contributed by atoms with Crippen molar-refractivity contribution in [3.05, 3.63) is 99.3 Å². The van der Waals surface area contributed by atoms with E-state index in [1.54, 1.807) is 158 Å². The Morgan fingerprint density at radius 2 is 0.833 bits per heavy atom. The lowest BCUT2D eigenvalue weighted by Crippen LogP contribution is -2.61. The molecule has 0 aliphatic carbocycles. The number of aromatic amines is 1. The molecule has 828 valence electrons. The molecule has 0 spiro atoms. The molecular weight excluding hydrogens is 2080 g/mol. The van der Waals surface area contributed by atoms with Crippen LogP contribution in [-0.4, -0.2) is 487 Å². The number of carbonyl (C=O) groups is 2. The van der Waals surface area contributed by atoms with Gasteiger partial charge in [0.2, 0.25) is 43.2 Å². The number of H-pyrrole nitrogens is 1. The number of nitrogens with two attached hydrogens (primary N) is 6. The van der Waals surface area contributed by atoms with E-state index >= 15 is 27.4 Å². The van der Waals surface area contributed by atoms with Gasteiger partial charge < -0.3 is 96.9 Å². The minimum Gasteiger partial charge on any atom is -0.447 e. The second-order valence-corrected chi connectivity index (χ2v) is 57.4. The molecular formula is C84H140N38O22P6. The molecule has 0 saturated carbocycles. The molecule has 3 amide bonds. The number of urea groups is 1. The highest BCUT2D eigenvalue weighted by molar-refractivity contribution is 7.60. The van der Waals surface area contributed by atoms with E-state index < -0.39 is 154 Å². The molecule has 8 aliphatic rings. The van der Waals surface area contributed by atoms with Crippen molar-refractivity contribution in [2.45, 2.75) is 107 Å². The number of anilines is 5. The van der Waals surface area contributed by atoms with Crippen LogP contribution in [0.25, 0.3) is 33.5 Å². The topological polar surface area (TPSA) is 686 Å². The summed E-state index contributed by atoms with van der Waals surface area (Å²) in [6, 6.07) is 2.18. The fraction of sp³-hybridized carbons (Fsp3) is 0.679. The van der Waals surface area contributed by atoms with Gasteiger partial charge >= 0.3 is 31.2 Å². The van der Waals surface area contributed by atoms with Gasteiger partial charge in [-0.3, -0.25) is 69.8 Å². The first kappa shape index (κ1) is 113. The first-order valence-corrected chi connectivity index (χ1v) is 59.6. The number of rotatable bonds is 40. The molecule has 15 N–H and O–H groups in total. The van der Waals surface area contributed by atoms with Crippen LogP contribution >= 0.6 is 44.9 Å². The fourth-order valence-corrected chi connectivity index (χ4v) is 35.0.